The second-order valence-corrected chi connectivity index (χ2v) is 3.26. The lowest BCUT2D eigenvalue weighted by Gasteiger charge is -2.04. The third-order valence-corrected chi connectivity index (χ3v) is 2.01. The quantitative estimate of drug-likeness (QED) is 0.737. The molecule has 0 aliphatic carbocycles. The van der Waals surface area contributed by atoms with Crippen molar-refractivity contribution in [1.29, 1.82) is 0 Å². The monoisotopic (exact) mass is 188 g/mol. The third-order valence-electron chi connectivity index (χ3n) is 2.01. The number of hydrogen-bond acceptors (Lipinski definition) is 3. The third kappa shape index (κ3) is 1.46. The molecule has 2 aromatic rings. The largest absolute Gasteiger partial charge is 0.382 e. The minimum atomic E-state index is 0.508. The van der Waals surface area contributed by atoms with E-state index in [4.69, 9.17) is 5.73 Å². The standard InChI is InChI=1S/C10H12N4/c1-7-3-4-9(10(11)12-7)14-6-5-8(2)13-14/h3-6H,1-2H3,(H2,11,12). The van der Waals surface area contributed by atoms with Crippen LogP contribution in [-0.2, 0) is 0 Å². The minimum Gasteiger partial charge on any atom is -0.382 e. The maximum absolute atomic E-state index is 5.79. The van der Waals surface area contributed by atoms with Crippen LogP contribution in [0.15, 0.2) is 24.4 Å². The van der Waals surface area contributed by atoms with Crippen molar-refractivity contribution < 1.29 is 0 Å². The van der Waals surface area contributed by atoms with Gasteiger partial charge in [-0.3, -0.25) is 0 Å². The molecule has 0 radical (unpaired) electrons. The summed E-state index contributed by atoms with van der Waals surface area (Å²) < 4.78 is 1.73. The van der Waals surface area contributed by atoms with Crippen LogP contribution in [0.5, 0.6) is 0 Å². The number of pyridine rings is 1. The molecule has 72 valence electrons. The molecule has 0 amide bonds. The average Bonchev–Trinajstić information content (AvgIpc) is 2.51. The molecule has 14 heavy (non-hydrogen) atoms. The highest BCUT2D eigenvalue weighted by atomic mass is 15.3. The van der Waals surface area contributed by atoms with Gasteiger partial charge < -0.3 is 5.73 Å². The predicted octanol–water partition coefficient (Wildman–Crippen LogP) is 1.47. The number of nitrogen functional groups attached to an aromatic ring is 1. The first-order chi connectivity index (χ1) is 6.66. The van der Waals surface area contributed by atoms with E-state index in [0.717, 1.165) is 17.1 Å². The number of nitrogens with two attached hydrogens (primary N) is 1. The normalized spacial score (nSPS) is 10.4. The molecule has 0 saturated carbocycles. The fourth-order valence-electron chi connectivity index (χ4n) is 1.31. The van der Waals surface area contributed by atoms with E-state index in [-0.39, 0.29) is 0 Å². The van der Waals surface area contributed by atoms with Gasteiger partial charge in [-0.05, 0) is 32.0 Å². The number of aryl methyl sites for hydroxylation is 2. The highest BCUT2D eigenvalue weighted by Crippen LogP contribution is 2.14. The Balaban J connectivity index is 2.52. The first-order valence-corrected chi connectivity index (χ1v) is 4.42. The first kappa shape index (κ1) is 8.74. The lowest BCUT2D eigenvalue weighted by atomic mass is 10.3. The molecule has 0 fully saturated rings. The molecule has 0 saturated heterocycles. The summed E-state index contributed by atoms with van der Waals surface area (Å²) in [5, 5.41) is 4.27. The van der Waals surface area contributed by atoms with E-state index in [1.165, 1.54) is 0 Å². The lowest BCUT2D eigenvalue weighted by molar-refractivity contribution is 0.858. The number of anilines is 1. The summed E-state index contributed by atoms with van der Waals surface area (Å²) in [7, 11) is 0. The molecule has 0 aliphatic rings. The topological polar surface area (TPSA) is 56.7 Å². The van der Waals surface area contributed by atoms with Crippen LogP contribution >= 0.6 is 0 Å². The summed E-state index contributed by atoms with van der Waals surface area (Å²) in [5.74, 6) is 0.508. The fourth-order valence-corrected chi connectivity index (χ4v) is 1.31. The van der Waals surface area contributed by atoms with Crippen LogP contribution in [0.4, 0.5) is 5.82 Å². The summed E-state index contributed by atoms with van der Waals surface area (Å²) in [5.41, 5.74) is 8.49. The Bertz CT molecular complexity index is 459. The maximum Gasteiger partial charge on any atom is 0.149 e. The highest BCUT2D eigenvalue weighted by Gasteiger charge is 2.03. The summed E-state index contributed by atoms with van der Waals surface area (Å²) >= 11 is 0. The van der Waals surface area contributed by atoms with Crippen molar-refractivity contribution in [3.05, 3.63) is 35.8 Å². The number of aromatic nitrogens is 3. The van der Waals surface area contributed by atoms with Gasteiger partial charge in [0.2, 0.25) is 0 Å². The van der Waals surface area contributed by atoms with Gasteiger partial charge in [0.1, 0.15) is 11.5 Å². The van der Waals surface area contributed by atoms with Crippen molar-refractivity contribution >= 4 is 5.82 Å². The number of hydrogen-bond donors (Lipinski definition) is 1. The molecular weight excluding hydrogens is 176 g/mol. The molecule has 0 bridgehead atoms. The van der Waals surface area contributed by atoms with E-state index in [1.807, 2.05) is 38.2 Å². The van der Waals surface area contributed by atoms with Crippen molar-refractivity contribution in [2.24, 2.45) is 0 Å². The van der Waals surface area contributed by atoms with Crippen molar-refractivity contribution in [2.75, 3.05) is 5.73 Å². The van der Waals surface area contributed by atoms with Crippen molar-refractivity contribution in [1.82, 2.24) is 14.8 Å². The molecule has 0 unspecified atom stereocenters. The van der Waals surface area contributed by atoms with Crippen LogP contribution in [0, 0.1) is 13.8 Å². The Morgan fingerprint density at radius 2 is 1.93 bits per heavy atom. The van der Waals surface area contributed by atoms with Crippen LogP contribution in [0.25, 0.3) is 5.69 Å². The second kappa shape index (κ2) is 3.14. The van der Waals surface area contributed by atoms with Gasteiger partial charge in [-0.2, -0.15) is 5.10 Å². The van der Waals surface area contributed by atoms with E-state index in [1.54, 1.807) is 4.68 Å². The summed E-state index contributed by atoms with van der Waals surface area (Å²) in [6.45, 7) is 3.85. The smallest absolute Gasteiger partial charge is 0.149 e. The molecule has 4 heteroatoms. The predicted molar refractivity (Wildman–Crippen MR) is 55.2 cm³/mol. The van der Waals surface area contributed by atoms with Gasteiger partial charge in [-0.25, -0.2) is 9.67 Å². The molecule has 0 aromatic carbocycles. The number of nitrogens with zero attached hydrogens (tertiary/aromatic N) is 3. The zero-order valence-corrected chi connectivity index (χ0v) is 8.23. The van der Waals surface area contributed by atoms with Gasteiger partial charge in [0.05, 0.1) is 5.69 Å². The molecule has 0 aliphatic heterocycles. The van der Waals surface area contributed by atoms with Crippen LogP contribution in [0.2, 0.25) is 0 Å². The Morgan fingerprint density at radius 3 is 2.50 bits per heavy atom. The van der Waals surface area contributed by atoms with E-state index in [9.17, 15) is 0 Å². The van der Waals surface area contributed by atoms with Crippen molar-refractivity contribution in [3.63, 3.8) is 0 Å². The molecule has 2 rings (SSSR count). The van der Waals surface area contributed by atoms with Crippen LogP contribution in [0.3, 0.4) is 0 Å². The second-order valence-electron chi connectivity index (χ2n) is 3.26. The van der Waals surface area contributed by atoms with Crippen molar-refractivity contribution in [2.45, 2.75) is 13.8 Å². The lowest BCUT2D eigenvalue weighted by Crippen LogP contribution is -2.03. The SMILES string of the molecule is Cc1ccc(-n2ccc(C)n2)c(N)n1. The Kier molecular flexibility index (Phi) is 1.96. The Morgan fingerprint density at radius 1 is 1.14 bits per heavy atom. The van der Waals surface area contributed by atoms with Gasteiger partial charge in [-0.15, -0.1) is 0 Å². The molecule has 2 aromatic heterocycles. The average molecular weight is 188 g/mol. The van der Waals surface area contributed by atoms with Crippen LogP contribution in [0.1, 0.15) is 11.4 Å². The zero-order chi connectivity index (χ0) is 10.1. The molecule has 2 N–H and O–H groups in total. The molecule has 0 atom stereocenters. The van der Waals surface area contributed by atoms with Gasteiger partial charge in [-0.1, -0.05) is 0 Å². The van der Waals surface area contributed by atoms with Gasteiger partial charge >= 0.3 is 0 Å². The van der Waals surface area contributed by atoms with Crippen LogP contribution in [-0.4, -0.2) is 14.8 Å². The maximum atomic E-state index is 5.79. The summed E-state index contributed by atoms with van der Waals surface area (Å²) in [4.78, 5) is 4.18. The molecule has 0 spiro atoms. The molecule has 4 nitrogen and oxygen atoms in total. The van der Waals surface area contributed by atoms with Crippen molar-refractivity contribution in [3.8, 4) is 5.69 Å². The van der Waals surface area contributed by atoms with E-state index in [2.05, 4.69) is 10.1 Å². The van der Waals surface area contributed by atoms with E-state index in [0.29, 0.717) is 5.82 Å². The highest BCUT2D eigenvalue weighted by molar-refractivity contribution is 5.51. The van der Waals surface area contributed by atoms with Gasteiger partial charge in [0.25, 0.3) is 0 Å². The Labute approximate surface area is 82.4 Å². The van der Waals surface area contributed by atoms with Gasteiger partial charge in [0.15, 0.2) is 0 Å². The molecular formula is C10H12N4. The number of rotatable bonds is 1. The molecule has 2 heterocycles. The minimum absolute atomic E-state index is 0.508. The summed E-state index contributed by atoms with van der Waals surface area (Å²) in [6, 6.07) is 5.77. The van der Waals surface area contributed by atoms with E-state index < -0.39 is 0 Å². The fraction of sp³-hybridized carbons (Fsp3) is 0.200. The first-order valence-electron chi connectivity index (χ1n) is 4.42. The van der Waals surface area contributed by atoms with Crippen LogP contribution < -0.4 is 5.73 Å². The zero-order valence-electron chi connectivity index (χ0n) is 8.23. The van der Waals surface area contributed by atoms with Gasteiger partial charge in [0, 0.05) is 11.9 Å². The Hall–Kier alpha value is -1.84. The summed E-state index contributed by atoms with van der Waals surface area (Å²) in [6.07, 6.45) is 1.87. The van der Waals surface area contributed by atoms with E-state index >= 15 is 0 Å².